The molecule has 0 bridgehead atoms. The molecule has 1 aliphatic heterocycles. The summed E-state index contributed by atoms with van der Waals surface area (Å²) in [4.78, 5) is 20.8. The molecule has 4 heterocycles. The van der Waals surface area contributed by atoms with Gasteiger partial charge in [-0.3, -0.25) is 0 Å². The van der Waals surface area contributed by atoms with Crippen molar-refractivity contribution in [1.82, 2.24) is 19.9 Å². The topological polar surface area (TPSA) is 60.8 Å². The summed E-state index contributed by atoms with van der Waals surface area (Å²) in [6.45, 7) is 0. The summed E-state index contributed by atoms with van der Waals surface area (Å²) in [5.41, 5.74) is 12.3. The first-order valence-electron chi connectivity index (χ1n) is 21.9. The van der Waals surface area contributed by atoms with E-state index in [9.17, 15) is 0 Å². The zero-order valence-corrected chi connectivity index (χ0v) is 35.6. The van der Waals surface area contributed by atoms with Crippen molar-refractivity contribution < 1.29 is 4.74 Å². The van der Waals surface area contributed by atoms with Gasteiger partial charge in [0.05, 0.1) is 16.6 Å². The van der Waals surface area contributed by atoms with Crippen LogP contribution in [0.1, 0.15) is 22.3 Å². The number of thiophene rings is 1. The minimum absolute atomic E-state index is 0.567. The SMILES string of the molecule is c1ccc(-c2nc(-c3ccc(-c4nc5ccccc5c5c6c(ccc45)C4(c5ccccc5O6)c5ccccc5-c5ccccc54)cc3)nc(-c3cccc4c3sc3ccccc34)n2)cc1. The summed E-state index contributed by atoms with van der Waals surface area (Å²) >= 11 is 1.78. The molecule has 0 atom stereocenters. The Hall–Kier alpha value is -8.32. The lowest BCUT2D eigenvalue weighted by atomic mass is 9.65. The number of pyridine rings is 1. The van der Waals surface area contributed by atoms with Crippen LogP contribution in [0, 0.1) is 0 Å². The number of nitrogens with zero attached hydrogens (tertiary/aromatic N) is 4. The second kappa shape index (κ2) is 13.8. The Morgan fingerprint density at radius 1 is 0.369 bits per heavy atom. The van der Waals surface area contributed by atoms with Crippen LogP contribution < -0.4 is 4.74 Å². The Morgan fingerprint density at radius 2 is 0.954 bits per heavy atom. The molecular formula is C59H34N4OS. The highest BCUT2D eigenvalue weighted by molar-refractivity contribution is 7.26. The van der Waals surface area contributed by atoms with E-state index in [4.69, 9.17) is 24.7 Å². The summed E-state index contributed by atoms with van der Waals surface area (Å²) in [6.07, 6.45) is 0. The van der Waals surface area contributed by atoms with Crippen molar-refractivity contribution in [3.05, 3.63) is 229 Å². The largest absolute Gasteiger partial charge is 0.456 e. The van der Waals surface area contributed by atoms with Gasteiger partial charge < -0.3 is 4.74 Å². The van der Waals surface area contributed by atoms with Crippen LogP contribution >= 0.6 is 11.3 Å². The van der Waals surface area contributed by atoms with Gasteiger partial charge in [-0.1, -0.05) is 182 Å². The summed E-state index contributed by atoms with van der Waals surface area (Å²) in [5.74, 6) is 3.61. The smallest absolute Gasteiger partial charge is 0.165 e. The monoisotopic (exact) mass is 846 g/mol. The lowest BCUT2D eigenvalue weighted by Crippen LogP contribution is -2.32. The van der Waals surface area contributed by atoms with Crippen LogP contribution in [0.15, 0.2) is 206 Å². The molecule has 302 valence electrons. The number of benzene rings is 9. The van der Waals surface area contributed by atoms with Gasteiger partial charge in [-0.05, 0) is 46.5 Å². The van der Waals surface area contributed by atoms with Crippen LogP contribution in [-0.2, 0) is 5.41 Å². The van der Waals surface area contributed by atoms with Crippen molar-refractivity contribution in [3.8, 4) is 68.0 Å². The Bertz CT molecular complexity index is 3890. The minimum atomic E-state index is -0.567. The molecular weight excluding hydrogens is 813 g/mol. The van der Waals surface area contributed by atoms with Crippen molar-refractivity contribution in [1.29, 1.82) is 0 Å². The first kappa shape index (κ1) is 36.2. The summed E-state index contributed by atoms with van der Waals surface area (Å²) in [6, 6.07) is 72.9. The van der Waals surface area contributed by atoms with E-state index in [-0.39, 0.29) is 0 Å². The second-order valence-corrected chi connectivity index (χ2v) is 17.9. The average Bonchev–Trinajstić information content (AvgIpc) is 3.90. The van der Waals surface area contributed by atoms with Gasteiger partial charge in [-0.15, -0.1) is 11.3 Å². The van der Waals surface area contributed by atoms with Crippen molar-refractivity contribution in [2.24, 2.45) is 0 Å². The maximum atomic E-state index is 7.17. The first-order chi connectivity index (χ1) is 32.2. The summed E-state index contributed by atoms with van der Waals surface area (Å²) < 4.78 is 9.58. The molecule has 0 N–H and O–H groups in total. The zero-order chi connectivity index (χ0) is 42.6. The number of ether oxygens (including phenoxy) is 1. The third-order valence-electron chi connectivity index (χ3n) is 13.4. The molecule has 12 aromatic rings. The van der Waals surface area contributed by atoms with Crippen molar-refractivity contribution >= 4 is 53.2 Å². The van der Waals surface area contributed by atoms with Crippen LogP contribution in [-0.4, -0.2) is 19.9 Å². The predicted octanol–water partition coefficient (Wildman–Crippen LogP) is 15.1. The van der Waals surface area contributed by atoms with E-state index >= 15 is 0 Å². The highest BCUT2D eigenvalue weighted by Gasteiger charge is 2.51. The average molecular weight is 847 g/mol. The highest BCUT2D eigenvalue weighted by atomic mass is 32.1. The lowest BCUT2D eigenvalue weighted by molar-refractivity contribution is 0.442. The predicted molar refractivity (Wildman–Crippen MR) is 265 cm³/mol. The normalized spacial score (nSPS) is 13.2. The fourth-order valence-corrected chi connectivity index (χ4v) is 11.8. The Labute approximate surface area is 378 Å². The summed E-state index contributed by atoms with van der Waals surface area (Å²) in [5, 5.41) is 5.56. The highest BCUT2D eigenvalue weighted by Crippen LogP contribution is 2.63. The Morgan fingerprint density at radius 3 is 1.74 bits per heavy atom. The second-order valence-electron chi connectivity index (χ2n) is 16.8. The van der Waals surface area contributed by atoms with E-state index in [0.717, 1.165) is 76.9 Å². The molecule has 6 heteroatoms. The van der Waals surface area contributed by atoms with Gasteiger partial charge in [-0.2, -0.15) is 0 Å². The molecule has 0 saturated carbocycles. The number of fused-ring (bicyclic) bond motifs is 16. The fourth-order valence-electron chi connectivity index (χ4n) is 10.6. The van der Waals surface area contributed by atoms with Crippen LogP contribution in [0.2, 0.25) is 0 Å². The molecule has 0 unspecified atom stereocenters. The first-order valence-corrected chi connectivity index (χ1v) is 22.7. The van der Waals surface area contributed by atoms with Crippen LogP contribution in [0.4, 0.5) is 0 Å². The molecule has 65 heavy (non-hydrogen) atoms. The molecule has 3 aromatic heterocycles. The minimum Gasteiger partial charge on any atom is -0.456 e. The Balaban J connectivity index is 0.955. The molecule has 0 amide bonds. The van der Waals surface area contributed by atoms with Gasteiger partial charge in [0.1, 0.15) is 11.5 Å². The van der Waals surface area contributed by atoms with E-state index in [1.54, 1.807) is 11.3 Å². The molecule has 9 aromatic carbocycles. The third-order valence-corrected chi connectivity index (χ3v) is 14.6. The summed E-state index contributed by atoms with van der Waals surface area (Å²) in [7, 11) is 0. The number of para-hydroxylation sites is 2. The van der Waals surface area contributed by atoms with Crippen molar-refractivity contribution in [3.63, 3.8) is 0 Å². The molecule has 2 aliphatic rings. The van der Waals surface area contributed by atoms with E-state index in [1.807, 2.05) is 18.2 Å². The number of aromatic nitrogens is 4. The molecule has 1 spiro atoms. The van der Waals surface area contributed by atoms with Gasteiger partial charge in [0, 0.05) is 69.7 Å². The van der Waals surface area contributed by atoms with Gasteiger partial charge in [-0.25, -0.2) is 19.9 Å². The van der Waals surface area contributed by atoms with Crippen LogP contribution in [0.25, 0.3) is 98.4 Å². The van der Waals surface area contributed by atoms with Crippen molar-refractivity contribution in [2.45, 2.75) is 5.41 Å². The van der Waals surface area contributed by atoms with Gasteiger partial charge in [0.15, 0.2) is 17.5 Å². The van der Waals surface area contributed by atoms with E-state index in [2.05, 4.69) is 188 Å². The number of rotatable bonds is 4. The molecule has 14 rings (SSSR count). The lowest BCUT2D eigenvalue weighted by Gasteiger charge is -2.40. The van der Waals surface area contributed by atoms with E-state index in [1.165, 1.54) is 37.7 Å². The van der Waals surface area contributed by atoms with E-state index in [0.29, 0.717) is 17.5 Å². The van der Waals surface area contributed by atoms with Gasteiger partial charge >= 0.3 is 0 Å². The standard InChI is InChI=1S/C59H34N4OS/c1-2-15-36(16-3-1)56-61-57(63-58(62-56)44-22-14-21-41-40-19-7-13-28-51(40)65-55(41)44)37-31-29-35(30-32-37)53-43-33-34-48-54(52(43)42-20-6-11-26-49(42)60-53)64-50-27-12-10-25-47(50)59(48)45-23-8-4-17-38(45)39-18-5-9-24-46(39)59/h1-34H. The van der Waals surface area contributed by atoms with E-state index < -0.39 is 5.41 Å². The zero-order valence-electron chi connectivity index (χ0n) is 34.7. The number of hydrogen-bond donors (Lipinski definition) is 0. The van der Waals surface area contributed by atoms with Crippen LogP contribution in [0.5, 0.6) is 11.5 Å². The fraction of sp³-hybridized carbons (Fsp3) is 0.0169. The van der Waals surface area contributed by atoms with Crippen molar-refractivity contribution in [2.75, 3.05) is 0 Å². The quantitative estimate of drug-likeness (QED) is 0.165. The molecule has 0 saturated heterocycles. The van der Waals surface area contributed by atoms with Crippen LogP contribution in [0.3, 0.4) is 0 Å². The maximum absolute atomic E-state index is 7.17. The maximum Gasteiger partial charge on any atom is 0.165 e. The molecule has 0 fully saturated rings. The Kier molecular flexibility index (Phi) is 7.71. The number of hydrogen-bond acceptors (Lipinski definition) is 6. The van der Waals surface area contributed by atoms with Gasteiger partial charge in [0.2, 0.25) is 0 Å². The molecule has 0 radical (unpaired) electrons. The molecule has 1 aliphatic carbocycles. The van der Waals surface area contributed by atoms with Gasteiger partial charge in [0.25, 0.3) is 0 Å². The third kappa shape index (κ3) is 5.20. The molecule has 5 nitrogen and oxygen atoms in total.